The Balaban J connectivity index is 2.30. The van der Waals surface area contributed by atoms with Gasteiger partial charge in [-0.25, -0.2) is 8.78 Å². The molecule has 1 amide bonds. The number of hydrogen-bond donors (Lipinski definition) is 1. The first-order valence-electron chi connectivity index (χ1n) is 5.57. The molecule has 1 fully saturated rings. The average molecular weight is 257 g/mol. The Morgan fingerprint density at radius 1 is 1.26 bits per heavy atom. The lowest BCUT2D eigenvalue weighted by molar-refractivity contribution is -0.119. The fraction of sp³-hybridized carbons (Fsp3) is 0.364. The molecule has 1 N–H and O–H groups in total. The van der Waals surface area contributed by atoms with Crippen molar-refractivity contribution < 1.29 is 18.3 Å². The van der Waals surface area contributed by atoms with Crippen LogP contribution in [-0.4, -0.2) is 41.3 Å². The molecule has 0 spiro atoms. The fourth-order valence-corrected chi connectivity index (χ4v) is 2.02. The minimum Gasteiger partial charge on any atom is -0.516 e. The Hall–Kier alpha value is -1.46. The van der Waals surface area contributed by atoms with Crippen molar-refractivity contribution >= 4 is 29.4 Å². The second-order valence-electron chi connectivity index (χ2n) is 4.46. The highest BCUT2D eigenvalue weighted by Crippen LogP contribution is 2.31. The maximum Gasteiger partial charge on any atom is 0.220 e. The molecule has 1 aromatic carbocycles. The molecule has 1 saturated heterocycles. The van der Waals surface area contributed by atoms with Crippen LogP contribution < -0.4 is 10.1 Å². The standard InChI is InChI=1S/C11H8B3F2NO2/c12-11(13,14)19-6-2-7(15)10(8(16)3-6)5-1-9(18)17-4-5/h2-3,5H,1,4H2,(H,17,18)/t5-/m0/s1. The van der Waals surface area contributed by atoms with Gasteiger partial charge in [-0.05, 0) is 5.30 Å². The number of rotatable bonds is 3. The number of nitrogens with one attached hydrogen (secondary N) is 1. The van der Waals surface area contributed by atoms with Crippen LogP contribution in [0.15, 0.2) is 12.1 Å². The fourth-order valence-electron chi connectivity index (χ4n) is 2.02. The Bertz CT molecular complexity index is 496. The normalized spacial score (nSPS) is 19.3. The van der Waals surface area contributed by atoms with Crippen molar-refractivity contribution in [1.29, 1.82) is 0 Å². The summed E-state index contributed by atoms with van der Waals surface area (Å²) in [6, 6.07) is 1.87. The van der Waals surface area contributed by atoms with Crippen molar-refractivity contribution in [1.82, 2.24) is 5.32 Å². The third kappa shape index (κ3) is 3.30. The van der Waals surface area contributed by atoms with Gasteiger partial charge in [0.2, 0.25) is 5.91 Å². The van der Waals surface area contributed by atoms with Gasteiger partial charge >= 0.3 is 0 Å². The van der Waals surface area contributed by atoms with Gasteiger partial charge in [-0.15, -0.1) is 0 Å². The molecule has 0 saturated carbocycles. The van der Waals surface area contributed by atoms with Crippen LogP contribution in [0.4, 0.5) is 8.78 Å². The monoisotopic (exact) mass is 257 g/mol. The van der Waals surface area contributed by atoms with Gasteiger partial charge in [-0.1, -0.05) is 0 Å². The summed E-state index contributed by atoms with van der Waals surface area (Å²) in [6.07, 6.45) is 0.0443. The van der Waals surface area contributed by atoms with E-state index in [0.29, 0.717) is 0 Å². The number of carbonyl (C=O) groups excluding carboxylic acids is 1. The first-order chi connectivity index (χ1) is 8.76. The Kier molecular flexibility index (Phi) is 3.61. The zero-order valence-corrected chi connectivity index (χ0v) is 9.95. The third-order valence-electron chi connectivity index (χ3n) is 2.73. The zero-order valence-electron chi connectivity index (χ0n) is 9.95. The van der Waals surface area contributed by atoms with Crippen molar-refractivity contribution in [3.63, 3.8) is 0 Å². The molecule has 0 bridgehead atoms. The van der Waals surface area contributed by atoms with Crippen LogP contribution in [0.3, 0.4) is 0 Å². The Morgan fingerprint density at radius 3 is 2.26 bits per heavy atom. The molecule has 0 aliphatic carbocycles. The Labute approximate surface area is 113 Å². The van der Waals surface area contributed by atoms with Gasteiger partial charge in [0.15, 0.2) is 0 Å². The summed E-state index contributed by atoms with van der Waals surface area (Å²) < 4.78 is 32.5. The van der Waals surface area contributed by atoms with E-state index in [1.54, 1.807) is 0 Å². The van der Waals surface area contributed by atoms with E-state index in [1.165, 1.54) is 0 Å². The van der Waals surface area contributed by atoms with Crippen LogP contribution in [0.5, 0.6) is 5.75 Å². The maximum atomic E-state index is 13.9. The molecule has 0 unspecified atom stereocenters. The lowest BCUT2D eigenvalue weighted by Gasteiger charge is -2.24. The van der Waals surface area contributed by atoms with E-state index in [4.69, 9.17) is 28.3 Å². The lowest BCUT2D eigenvalue weighted by atomic mass is 9.52. The largest absolute Gasteiger partial charge is 0.516 e. The molecule has 19 heavy (non-hydrogen) atoms. The van der Waals surface area contributed by atoms with Gasteiger partial charge in [0, 0.05) is 36.6 Å². The first-order valence-corrected chi connectivity index (χ1v) is 5.57. The molecular formula is C11H8B3F2NO2. The van der Waals surface area contributed by atoms with E-state index in [2.05, 4.69) is 5.32 Å². The van der Waals surface area contributed by atoms with Crippen molar-refractivity contribution in [2.24, 2.45) is 0 Å². The average Bonchev–Trinajstić information content (AvgIpc) is 2.60. The number of ether oxygens (including phenoxy) is 1. The number of benzene rings is 1. The second kappa shape index (κ2) is 4.91. The van der Waals surface area contributed by atoms with Gasteiger partial charge in [-0.2, -0.15) is 0 Å². The molecule has 1 aliphatic heterocycles. The quantitative estimate of drug-likeness (QED) is 0.777. The summed E-state index contributed by atoms with van der Waals surface area (Å²) in [6.45, 7) is 0.196. The minimum absolute atomic E-state index is 0.0443. The highest BCUT2D eigenvalue weighted by atomic mass is 19.1. The molecule has 1 heterocycles. The highest BCUT2D eigenvalue weighted by molar-refractivity contribution is 6.58. The molecule has 3 nitrogen and oxygen atoms in total. The summed E-state index contributed by atoms with van der Waals surface area (Å²) in [5, 5.41) is 0.489. The highest BCUT2D eigenvalue weighted by Gasteiger charge is 2.29. The van der Waals surface area contributed by atoms with Gasteiger partial charge in [0.05, 0.1) is 0 Å². The van der Waals surface area contributed by atoms with Gasteiger partial charge < -0.3 is 10.1 Å². The van der Waals surface area contributed by atoms with Crippen LogP contribution in [0.1, 0.15) is 17.9 Å². The van der Waals surface area contributed by atoms with Crippen molar-refractivity contribution in [2.75, 3.05) is 6.54 Å². The van der Waals surface area contributed by atoms with Crippen molar-refractivity contribution in [3.05, 3.63) is 29.3 Å². The first kappa shape index (κ1) is 14.0. The van der Waals surface area contributed by atoms with Crippen LogP contribution in [0.25, 0.3) is 0 Å². The maximum absolute atomic E-state index is 13.9. The number of amides is 1. The minimum atomic E-state index is -2.02. The molecule has 6 radical (unpaired) electrons. The lowest BCUT2D eigenvalue weighted by Crippen LogP contribution is -2.37. The van der Waals surface area contributed by atoms with E-state index in [1.807, 2.05) is 0 Å². The topological polar surface area (TPSA) is 38.3 Å². The molecule has 2 rings (SSSR count). The molecule has 1 aromatic rings. The number of carbonyl (C=O) groups is 1. The summed E-state index contributed by atoms with van der Waals surface area (Å²) in [7, 11) is 15.5. The number of hydrogen-bond acceptors (Lipinski definition) is 2. The Morgan fingerprint density at radius 2 is 1.84 bits per heavy atom. The van der Waals surface area contributed by atoms with Gasteiger partial charge in [0.1, 0.15) is 40.9 Å². The van der Waals surface area contributed by atoms with Gasteiger partial charge in [0.25, 0.3) is 0 Å². The molecule has 1 atom stereocenters. The van der Waals surface area contributed by atoms with Crippen LogP contribution in [0, 0.1) is 11.6 Å². The van der Waals surface area contributed by atoms with Gasteiger partial charge in [-0.3, -0.25) is 4.79 Å². The summed E-state index contributed by atoms with van der Waals surface area (Å²) in [5.74, 6) is -2.67. The predicted octanol–water partition coefficient (Wildman–Crippen LogP) is 0.0639. The molecule has 0 aromatic heterocycles. The predicted molar refractivity (Wildman–Crippen MR) is 67.3 cm³/mol. The van der Waals surface area contributed by atoms with E-state index in [-0.39, 0.29) is 30.2 Å². The second-order valence-corrected chi connectivity index (χ2v) is 4.46. The zero-order chi connectivity index (χ0) is 14.2. The summed E-state index contributed by atoms with van der Waals surface area (Å²) >= 11 is 0. The third-order valence-corrected chi connectivity index (χ3v) is 2.73. The molecule has 92 valence electrons. The summed E-state index contributed by atoms with van der Waals surface area (Å²) in [4.78, 5) is 11.1. The SMILES string of the molecule is [B]C([B])([B])Oc1cc(F)c([C@@H]2CNC(=O)C2)c(F)c1. The number of halogens is 2. The van der Waals surface area contributed by atoms with Crippen LogP contribution in [0.2, 0.25) is 0 Å². The smallest absolute Gasteiger partial charge is 0.220 e. The van der Waals surface area contributed by atoms with Crippen LogP contribution in [-0.2, 0) is 4.79 Å². The van der Waals surface area contributed by atoms with E-state index < -0.39 is 22.9 Å². The molecule has 1 aliphatic rings. The van der Waals surface area contributed by atoms with Crippen LogP contribution >= 0.6 is 0 Å². The molecular weight excluding hydrogens is 249 g/mol. The summed E-state index contributed by atoms with van der Waals surface area (Å²) in [5.41, 5.74) is -0.164. The van der Waals surface area contributed by atoms with Crippen molar-refractivity contribution in [2.45, 2.75) is 17.6 Å². The van der Waals surface area contributed by atoms with E-state index >= 15 is 0 Å². The van der Waals surface area contributed by atoms with Crippen molar-refractivity contribution in [3.8, 4) is 5.75 Å². The van der Waals surface area contributed by atoms with E-state index in [9.17, 15) is 13.6 Å². The molecule has 8 heteroatoms. The van der Waals surface area contributed by atoms with E-state index in [0.717, 1.165) is 12.1 Å².